The van der Waals surface area contributed by atoms with Gasteiger partial charge in [-0.3, -0.25) is 4.79 Å². The van der Waals surface area contributed by atoms with Crippen molar-refractivity contribution in [1.29, 1.82) is 0 Å². The molecule has 0 aromatic carbocycles. The molecule has 1 rings (SSSR count). The number of rotatable bonds is 1. The van der Waals surface area contributed by atoms with Crippen molar-refractivity contribution in [3.05, 3.63) is 0 Å². The van der Waals surface area contributed by atoms with E-state index in [-0.39, 0.29) is 8.06 Å². The Hall–Kier alpha value is 0.910. The Morgan fingerprint density at radius 3 is 1.92 bits per heavy atom. The maximum atomic E-state index is 10.7. The van der Waals surface area contributed by atoms with Gasteiger partial charge < -0.3 is 5.11 Å². The Morgan fingerprint density at radius 1 is 1.15 bits per heavy atom. The number of aliphatic carboxylic acids is 1. The van der Waals surface area contributed by atoms with Crippen molar-refractivity contribution in [2.24, 2.45) is 11.8 Å². The van der Waals surface area contributed by atoms with Gasteiger partial charge in [0.15, 0.2) is 0 Å². The van der Waals surface area contributed by atoms with Crippen LogP contribution in [-0.4, -0.2) is 13.2 Å². The molecule has 0 radical (unpaired) electrons. The summed E-state index contributed by atoms with van der Waals surface area (Å²) in [7, 11) is 0. The lowest BCUT2D eigenvalue weighted by Gasteiger charge is -2.31. The lowest BCUT2D eigenvalue weighted by atomic mass is 9.83. The summed E-state index contributed by atoms with van der Waals surface area (Å²) in [6.45, 7) is 0. The molecule has 0 spiro atoms. The standard InChI is InChI=1S/C8H11Br3O2/c9-8(10,11)6-3-1-5(2-4-6)7(12)13/h5-6H,1-4H2,(H,12,13). The summed E-state index contributed by atoms with van der Waals surface area (Å²) in [5.41, 5.74) is 0. The van der Waals surface area contributed by atoms with E-state index < -0.39 is 5.97 Å². The van der Waals surface area contributed by atoms with Crippen molar-refractivity contribution in [1.82, 2.24) is 0 Å². The average molecular weight is 379 g/mol. The van der Waals surface area contributed by atoms with E-state index in [1.807, 2.05) is 0 Å². The topological polar surface area (TPSA) is 37.3 Å². The lowest BCUT2D eigenvalue weighted by Crippen LogP contribution is -2.27. The number of hydrogen-bond acceptors (Lipinski definition) is 1. The third kappa shape index (κ3) is 3.51. The Kier molecular flexibility index (Phi) is 4.26. The summed E-state index contributed by atoms with van der Waals surface area (Å²) >= 11 is 10.4. The van der Waals surface area contributed by atoms with Crippen molar-refractivity contribution >= 4 is 53.8 Å². The quantitative estimate of drug-likeness (QED) is 0.706. The Morgan fingerprint density at radius 2 is 1.62 bits per heavy atom. The smallest absolute Gasteiger partial charge is 0.306 e. The number of alkyl halides is 3. The molecule has 0 saturated heterocycles. The summed E-state index contributed by atoms with van der Waals surface area (Å²) in [4.78, 5) is 10.7. The van der Waals surface area contributed by atoms with Crippen molar-refractivity contribution in [2.45, 2.75) is 27.8 Å². The van der Waals surface area contributed by atoms with Crippen LogP contribution in [0.4, 0.5) is 0 Å². The van der Waals surface area contributed by atoms with E-state index in [1.54, 1.807) is 0 Å². The minimum Gasteiger partial charge on any atom is -0.481 e. The molecule has 0 unspecified atom stereocenters. The van der Waals surface area contributed by atoms with E-state index in [2.05, 4.69) is 47.8 Å². The van der Waals surface area contributed by atoms with Gasteiger partial charge >= 0.3 is 5.97 Å². The third-order valence-electron chi connectivity index (χ3n) is 2.54. The van der Waals surface area contributed by atoms with Crippen molar-refractivity contribution < 1.29 is 9.90 Å². The second kappa shape index (κ2) is 4.62. The third-order valence-corrected chi connectivity index (χ3v) is 4.48. The van der Waals surface area contributed by atoms with Crippen molar-refractivity contribution in [3.63, 3.8) is 0 Å². The SMILES string of the molecule is O=C(O)C1CCC(C(Br)(Br)Br)CC1. The van der Waals surface area contributed by atoms with Crippen LogP contribution in [0.5, 0.6) is 0 Å². The van der Waals surface area contributed by atoms with Gasteiger partial charge in [0.2, 0.25) is 0 Å². The highest BCUT2D eigenvalue weighted by atomic mass is 80.0. The maximum absolute atomic E-state index is 10.7. The molecule has 1 saturated carbocycles. The molecular formula is C8H11Br3O2. The monoisotopic (exact) mass is 376 g/mol. The Labute approximate surface area is 103 Å². The zero-order valence-electron chi connectivity index (χ0n) is 6.97. The molecule has 76 valence electrons. The highest BCUT2D eigenvalue weighted by Gasteiger charge is 2.35. The van der Waals surface area contributed by atoms with Gasteiger partial charge in [0.1, 0.15) is 2.14 Å². The molecule has 5 heteroatoms. The van der Waals surface area contributed by atoms with Crippen LogP contribution < -0.4 is 0 Å². The molecule has 0 bridgehead atoms. The second-order valence-corrected chi connectivity index (χ2v) is 10.4. The lowest BCUT2D eigenvalue weighted by molar-refractivity contribution is -0.143. The molecule has 1 aliphatic rings. The number of carboxylic acids is 1. The molecule has 1 fully saturated rings. The number of carbonyl (C=O) groups is 1. The van der Waals surface area contributed by atoms with Crippen LogP contribution in [0.1, 0.15) is 25.7 Å². The van der Waals surface area contributed by atoms with Gasteiger partial charge in [-0.25, -0.2) is 0 Å². The van der Waals surface area contributed by atoms with E-state index in [0.717, 1.165) is 25.7 Å². The van der Waals surface area contributed by atoms with Gasteiger partial charge in [-0.2, -0.15) is 0 Å². The van der Waals surface area contributed by atoms with Crippen LogP contribution in [0.3, 0.4) is 0 Å². The fourth-order valence-electron chi connectivity index (χ4n) is 1.67. The Balaban J connectivity index is 2.44. The minimum atomic E-state index is -0.650. The predicted molar refractivity (Wildman–Crippen MR) is 62.6 cm³/mol. The number of hydrogen-bond donors (Lipinski definition) is 1. The van der Waals surface area contributed by atoms with Crippen LogP contribution >= 0.6 is 47.8 Å². The van der Waals surface area contributed by atoms with Crippen LogP contribution in [0, 0.1) is 11.8 Å². The van der Waals surface area contributed by atoms with Gasteiger partial charge in [-0.1, -0.05) is 47.8 Å². The fourth-order valence-corrected chi connectivity index (χ4v) is 3.04. The average Bonchev–Trinajstić information content (AvgIpc) is 2.03. The van der Waals surface area contributed by atoms with Crippen LogP contribution in [0.15, 0.2) is 0 Å². The number of halogens is 3. The van der Waals surface area contributed by atoms with Gasteiger partial charge in [0.25, 0.3) is 0 Å². The van der Waals surface area contributed by atoms with E-state index >= 15 is 0 Å². The molecule has 1 aliphatic carbocycles. The second-order valence-electron chi connectivity index (χ2n) is 3.43. The molecule has 0 amide bonds. The molecule has 0 aromatic heterocycles. The molecule has 0 aliphatic heterocycles. The Bertz CT molecular complexity index is 192. The van der Waals surface area contributed by atoms with E-state index in [4.69, 9.17) is 5.11 Å². The van der Waals surface area contributed by atoms with E-state index in [0.29, 0.717) is 5.92 Å². The van der Waals surface area contributed by atoms with Crippen molar-refractivity contribution in [3.8, 4) is 0 Å². The van der Waals surface area contributed by atoms with Crippen LogP contribution in [0.2, 0.25) is 0 Å². The summed E-state index contributed by atoms with van der Waals surface area (Å²) in [6.07, 6.45) is 3.45. The van der Waals surface area contributed by atoms with E-state index in [9.17, 15) is 4.79 Å². The molecule has 0 heterocycles. The van der Waals surface area contributed by atoms with Gasteiger partial charge in [0, 0.05) is 0 Å². The first-order valence-corrected chi connectivity index (χ1v) is 6.58. The first-order valence-electron chi connectivity index (χ1n) is 4.21. The fraction of sp³-hybridized carbons (Fsp3) is 0.875. The van der Waals surface area contributed by atoms with Gasteiger partial charge in [-0.15, -0.1) is 0 Å². The summed E-state index contributed by atoms with van der Waals surface area (Å²) < 4.78 is -0.212. The largest absolute Gasteiger partial charge is 0.481 e. The molecule has 0 atom stereocenters. The summed E-state index contributed by atoms with van der Waals surface area (Å²) in [5.74, 6) is -0.322. The molecule has 0 aromatic rings. The first kappa shape index (κ1) is 12.0. The minimum absolute atomic E-state index is 0.133. The van der Waals surface area contributed by atoms with E-state index in [1.165, 1.54) is 0 Å². The maximum Gasteiger partial charge on any atom is 0.306 e. The van der Waals surface area contributed by atoms with Crippen molar-refractivity contribution in [2.75, 3.05) is 0 Å². The normalized spacial score (nSPS) is 30.1. The first-order chi connectivity index (χ1) is 5.91. The van der Waals surface area contributed by atoms with Crippen LogP contribution in [-0.2, 0) is 4.79 Å². The molecule has 2 nitrogen and oxygen atoms in total. The summed E-state index contributed by atoms with van der Waals surface area (Å²) in [5, 5.41) is 8.79. The zero-order chi connectivity index (χ0) is 10.1. The predicted octanol–water partition coefficient (Wildman–Crippen LogP) is 3.72. The highest BCUT2D eigenvalue weighted by Crippen LogP contribution is 2.48. The van der Waals surface area contributed by atoms with Crippen LogP contribution in [0.25, 0.3) is 0 Å². The summed E-state index contributed by atoms with van der Waals surface area (Å²) in [6, 6.07) is 0. The van der Waals surface area contributed by atoms with Gasteiger partial charge in [-0.05, 0) is 31.6 Å². The van der Waals surface area contributed by atoms with Gasteiger partial charge in [0.05, 0.1) is 5.92 Å². The molecular weight excluding hydrogens is 368 g/mol. The highest BCUT2D eigenvalue weighted by molar-refractivity contribution is 9.39. The number of carboxylic acid groups (broad SMARTS) is 1. The molecule has 13 heavy (non-hydrogen) atoms. The molecule has 1 N–H and O–H groups in total. The zero-order valence-corrected chi connectivity index (χ0v) is 11.7.